The van der Waals surface area contributed by atoms with E-state index in [2.05, 4.69) is 0 Å². The maximum Gasteiger partial charge on any atom is 0.225 e. The van der Waals surface area contributed by atoms with Crippen LogP contribution in [0.4, 0.5) is 0 Å². The molecular weight excluding hydrogens is 472 g/mol. The average Bonchev–Trinajstić information content (AvgIpc) is 2.99. The van der Waals surface area contributed by atoms with Gasteiger partial charge in [-0.05, 0) is 40.5 Å². The third kappa shape index (κ3) is 6.58. The zero-order valence-electron chi connectivity index (χ0n) is 21.1. The van der Waals surface area contributed by atoms with Crippen LogP contribution in [0.5, 0.6) is 17.5 Å². The van der Waals surface area contributed by atoms with Crippen molar-refractivity contribution in [2.24, 2.45) is 5.73 Å². The minimum absolute atomic E-state index is 0.375. The second-order valence-corrected chi connectivity index (χ2v) is 8.86. The lowest BCUT2D eigenvalue weighted by atomic mass is 10.0. The number of aromatic nitrogens is 1. The third-order valence-corrected chi connectivity index (χ3v) is 6.09. The highest BCUT2D eigenvalue weighted by Gasteiger charge is 2.16. The predicted octanol–water partition coefficient (Wildman–Crippen LogP) is 6.94. The molecule has 0 aliphatic rings. The van der Waals surface area contributed by atoms with Crippen molar-refractivity contribution in [2.75, 3.05) is 0 Å². The second kappa shape index (κ2) is 12.6. The quantitative estimate of drug-likeness (QED) is 0.212. The number of hydrogen-bond acceptors (Lipinski definition) is 5. The normalized spacial score (nSPS) is 10.7. The SMILES string of the molecule is NCc1ccc(OCc2ccccc2)c(-c2ccc(OCc3ccccc3)nc2OCc2ccccc2)c1. The van der Waals surface area contributed by atoms with Crippen molar-refractivity contribution in [3.05, 3.63) is 144 Å². The molecule has 0 atom stereocenters. The molecule has 38 heavy (non-hydrogen) atoms. The number of hydrogen-bond donors (Lipinski definition) is 1. The fourth-order valence-corrected chi connectivity index (χ4v) is 4.05. The van der Waals surface area contributed by atoms with Crippen molar-refractivity contribution in [2.45, 2.75) is 26.4 Å². The van der Waals surface area contributed by atoms with Crippen molar-refractivity contribution >= 4 is 0 Å². The molecule has 0 saturated carbocycles. The summed E-state index contributed by atoms with van der Waals surface area (Å²) in [7, 11) is 0. The predicted molar refractivity (Wildman–Crippen MR) is 150 cm³/mol. The van der Waals surface area contributed by atoms with E-state index in [1.54, 1.807) is 0 Å². The highest BCUT2D eigenvalue weighted by atomic mass is 16.5. The van der Waals surface area contributed by atoms with Gasteiger partial charge in [0, 0.05) is 23.7 Å². The summed E-state index contributed by atoms with van der Waals surface area (Å²) < 4.78 is 18.6. The van der Waals surface area contributed by atoms with E-state index in [0.717, 1.165) is 39.1 Å². The highest BCUT2D eigenvalue weighted by molar-refractivity contribution is 5.75. The van der Waals surface area contributed by atoms with Gasteiger partial charge in [0.25, 0.3) is 0 Å². The lowest BCUT2D eigenvalue weighted by Gasteiger charge is -2.17. The Bertz CT molecular complexity index is 1440. The third-order valence-electron chi connectivity index (χ3n) is 6.09. The number of rotatable bonds is 11. The first-order chi connectivity index (χ1) is 18.8. The van der Waals surface area contributed by atoms with Gasteiger partial charge < -0.3 is 19.9 Å². The Balaban J connectivity index is 1.47. The van der Waals surface area contributed by atoms with E-state index in [-0.39, 0.29) is 0 Å². The van der Waals surface area contributed by atoms with Crippen molar-refractivity contribution < 1.29 is 14.2 Å². The van der Waals surface area contributed by atoms with Crippen molar-refractivity contribution in [3.63, 3.8) is 0 Å². The smallest absolute Gasteiger partial charge is 0.225 e. The van der Waals surface area contributed by atoms with Crippen LogP contribution in [0, 0.1) is 0 Å². The summed E-state index contributed by atoms with van der Waals surface area (Å²) in [4.78, 5) is 4.76. The van der Waals surface area contributed by atoms with Crippen LogP contribution in [0.15, 0.2) is 121 Å². The molecule has 1 heterocycles. The Morgan fingerprint density at radius 2 is 1.05 bits per heavy atom. The summed E-state index contributed by atoms with van der Waals surface area (Å²) in [5.74, 6) is 1.69. The molecular formula is C33H30N2O3. The van der Waals surface area contributed by atoms with Gasteiger partial charge in [-0.25, -0.2) is 0 Å². The molecule has 5 aromatic rings. The molecule has 190 valence electrons. The molecule has 0 amide bonds. The van der Waals surface area contributed by atoms with Gasteiger partial charge in [0.2, 0.25) is 11.8 Å². The molecule has 2 N–H and O–H groups in total. The largest absolute Gasteiger partial charge is 0.488 e. The summed E-state index contributed by atoms with van der Waals surface area (Å²) in [6, 6.07) is 40.0. The molecule has 0 unspecified atom stereocenters. The summed E-state index contributed by atoms with van der Waals surface area (Å²) in [6.45, 7) is 1.65. The number of pyridine rings is 1. The fourth-order valence-electron chi connectivity index (χ4n) is 4.05. The Labute approximate surface area is 223 Å². The number of ether oxygens (including phenoxy) is 3. The van der Waals surface area contributed by atoms with Crippen molar-refractivity contribution in [1.82, 2.24) is 4.98 Å². The molecule has 4 aromatic carbocycles. The molecule has 0 radical (unpaired) electrons. The minimum atomic E-state index is 0.375. The van der Waals surface area contributed by atoms with Gasteiger partial charge in [0.05, 0.1) is 0 Å². The summed E-state index contributed by atoms with van der Waals surface area (Å²) >= 11 is 0. The van der Waals surface area contributed by atoms with Crippen molar-refractivity contribution in [1.29, 1.82) is 0 Å². The van der Waals surface area contributed by atoms with Crippen LogP contribution in [0.1, 0.15) is 22.3 Å². The molecule has 5 rings (SSSR count). The topological polar surface area (TPSA) is 66.6 Å². The van der Waals surface area contributed by atoms with E-state index in [4.69, 9.17) is 24.9 Å². The van der Waals surface area contributed by atoms with E-state index in [9.17, 15) is 0 Å². The molecule has 0 saturated heterocycles. The fraction of sp³-hybridized carbons (Fsp3) is 0.121. The average molecular weight is 503 g/mol. The van der Waals surface area contributed by atoms with E-state index >= 15 is 0 Å². The maximum atomic E-state index is 6.28. The van der Waals surface area contributed by atoms with Crippen molar-refractivity contribution in [3.8, 4) is 28.6 Å². The summed E-state index contributed by atoms with van der Waals surface area (Å²) in [6.07, 6.45) is 0. The first kappa shape index (κ1) is 25.1. The van der Waals surface area contributed by atoms with E-state index in [0.29, 0.717) is 38.1 Å². The molecule has 5 heteroatoms. The lowest BCUT2D eigenvalue weighted by molar-refractivity contribution is 0.268. The van der Waals surface area contributed by atoms with Gasteiger partial charge in [-0.3, -0.25) is 0 Å². The van der Waals surface area contributed by atoms with Gasteiger partial charge in [-0.2, -0.15) is 4.98 Å². The molecule has 0 aliphatic heterocycles. The van der Waals surface area contributed by atoms with Gasteiger partial charge in [-0.1, -0.05) is 97.1 Å². The van der Waals surface area contributed by atoms with Crippen LogP contribution in [0.25, 0.3) is 11.1 Å². The Morgan fingerprint density at radius 3 is 1.63 bits per heavy atom. The van der Waals surface area contributed by atoms with Crippen LogP contribution in [0.2, 0.25) is 0 Å². The zero-order chi connectivity index (χ0) is 26.0. The van der Waals surface area contributed by atoms with Gasteiger partial charge in [0.15, 0.2) is 0 Å². The Hall–Kier alpha value is -4.61. The first-order valence-corrected chi connectivity index (χ1v) is 12.6. The van der Waals surface area contributed by atoms with E-state index in [1.165, 1.54) is 0 Å². The summed E-state index contributed by atoms with van der Waals surface area (Å²) in [5.41, 5.74) is 11.9. The van der Waals surface area contributed by atoms with Crippen LogP contribution in [-0.4, -0.2) is 4.98 Å². The molecule has 1 aromatic heterocycles. The molecule has 0 aliphatic carbocycles. The minimum Gasteiger partial charge on any atom is -0.488 e. The van der Waals surface area contributed by atoms with Gasteiger partial charge in [0.1, 0.15) is 25.6 Å². The molecule has 0 spiro atoms. The lowest BCUT2D eigenvalue weighted by Crippen LogP contribution is -2.04. The highest BCUT2D eigenvalue weighted by Crippen LogP contribution is 2.38. The van der Waals surface area contributed by atoms with Crippen LogP contribution in [-0.2, 0) is 26.4 Å². The first-order valence-electron chi connectivity index (χ1n) is 12.6. The van der Waals surface area contributed by atoms with Crippen LogP contribution >= 0.6 is 0 Å². The van der Waals surface area contributed by atoms with Gasteiger partial charge in [-0.15, -0.1) is 0 Å². The van der Waals surface area contributed by atoms with E-state index in [1.807, 2.05) is 121 Å². The monoisotopic (exact) mass is 502 g/mol. The molecule has 5 nitrogen and oxygen atoms in total. The van der Waals surface area contributed by atoms with E-state index < -0.39 is 0 Å². The van der Waals surface area contributed by atoms with Crippen LogP contribution in [0.3, 0.4) is 0 Å². The molecule has 0 fully saturated rings. The number of nitrogens with two attached hydrogens (primary N) is 1. The van der Waals surface area contributed by atoms with Gasteiger partial charge >= 0.3 is 0 Å². The molecule has 0 bridgehead atoms. The second-order valence-electron chi connectivity index (χ2n) is 8.86. The zero-order valence-corrected chi connectivity index (χ0v) is 21.1. The Kier molecular flexibility index (Phi) is 8.29. The maximum absolute atomic E-state index is 6.28. The number of benzene rings is 4. The standard InChI is InChI=1S/C33H30N2O3/c34-21-28-16-18-31(36-22-25-10-4-1-5-11-25)30(20-28)29-17-19-32(37-23-26-12-6-2-7-13-26)35-33(29)38-24-27-14-8-3-9-15-27/h1-20H,21-24,34H2. The number of nitrogens with zero attached hydrogens (tertiary/aromatic N) is 1. The Morgan fingerprint density at radius 1 is 0.500 bits per heavy atom. The van der Waals surface area contributed by atoms with Crippen LogP contribution < -0.4 is 19.9 Å². The summed E-state index contributed by atoms with van der Waals surface area (Å²) in [5, 5.41) is 0.